The first-order valence-corrected chi connectivity index (χ1v) is 10.0. The topological polar surface area (TPSA) is 62.3 Å². The molecular formula is C24H17ClF3NO3. The van der Waals surface area contributed by atoms with Crippen LogP contribution in [0.5, 0.6) is 5.75 Å². The van der Waals surface area contributed by atoms with Crippen LogP contribution in [0, 0.1) is 0 Å². The number of halogens is 4. The fraction of sp³-hybridized carbons (Fsp3) is 0.125. The normalized spacial score (nSPS) is 11.7. The number of H-pyrrole nitrogens is 1. The number of benzene rings is 3. The van der Waals surface area contributed by atoms with Gasteiger partial charge >= 0.3 is 6.36 Å². The number of pyridine rings is 1. The van der Waals surface area contributed by atoms with Crippen molar-refractivity contribution in [2.24, 2.45) is 0 Å². The first-order chi connectivity index (χ1) is 15.2. The maximum atomic E-state index is 12.8. The van der Waals surface area contributed by atoms with Crippen molar-refractivity contribution in [2.45, 2.75) is 19.4 Å². The minimum absolute atomic E-state index is 0.243. The number of aromatic nitrogens is 1. The molecular weight excluding hydrogens is 443 g/mol. The van der Waals surface area contributed by atoms with Crippen LogP contribution >= 0.6 is 11.6 Å². The predicted molar refractivity (Wildman–Crippen MR) is 117 cm³/mol. The largest absolute Gasteiger partial charge is 0.573 e. The maximum absolute atomic E-state index is 12.8. The van der Waals surface area contributed by atoms with E-state index in [1.54, 1.807) is 30.3 Å². The molecule has 2 N–H and O–H groups in total. The number of hydrogen-bond donors (Lipinski definition) is 2. The van der Waals surface area contributed by atoms with Gasteiger partial charge in [-0.25, -0.2) is 0 Å². The van der Waals surface area contributed by atoms with Crippen molar-refractivity contribution in [3.8, 4) is 17.0 Å². The van der Waals surface area contributed by atoms with Crippen molar-refractivity contribution >= 4 is 22.5 Å². The highest BCUT2D eigenvalue weighted by atomic mass is 35.5. The van der Waals surface area contributed by atoms with Gasteiger partial charge in [-0.05, 0) is 53.4 Å². The average Bonchev–Trinajstić information content (AvgIpc) is 2.75. The summed E-state index contributed by atoms with van der Waals surface area (Å²) in [6, 6.07) is 18.0. The van der Waals surface area contributed by atoms with Gasteiger partial charge in [0.25, 0.3) is 0 Å². The summed E-state index contributed by atoms with van der Waals surface area (Å²) in [6.07, 6.45) is -4.22. The van der Waals surface area contributed by atoms with Crippen LogP contribution in [0.3, 0.4) is 0 Å². The smallest absolute Gasteiger partial charge is 0.406 e. The van der Waals surface area contributed by atoms with Gasteiger partial charge in [0, 0.05) is 21.5 Å². The molecule has 0 bridgehead atoms. The Labute approximate surface area is 185 Å². The Hall–Kier alpha value is -3.29. The van der Waals surface area contributed by atoms with E-state index in [1.807, 2.05) is 24.3 Å². The minimum atomic E-state index is -4.72. The molecule has 0 saturated carbocycles. The van der Waals surface area contributed by atoms with E-state index < -0.39 is 13.0 Å². The maximum Gasteiger partial charge on any atom is 0.573 e. The van der Waals surface area contributed by atoms with Crippen LogP contribution in [0.25, 0.3) is 22.2 Å². The van der Waals surface area contributed by atoms with E-state index in [9.17, 15) is 23.1 Å². The summed E-state index contributed by atoms with van der Waals surface area (Å²) >= 11 is 5.99. The Bertz CT molecular complexity index is 1310. The third-order valence-corrected chi connectivity index (χ3v) is 5.26. The molecule has 0 saturated heterocycles. The molecule has 8 heteroatoms. The van der Waals surface area contributed by atoms with Crippen molar-refractivity contribution in [1.29, 1.82) is 0 Å². The molecule has 0 fully saturated rings. The second-order valence-electron chi connectivity index (χ2n) is 7.22. The van der Waals surface area contributed by atoms with Gasteiger partial charge in [-0.15, -0.1) is 13.2 Å². The van der Waals surface area contributed by atoms with Crippen molar-refractivity contribution < 1.29 is 23.0 Å². The van der Waals surface area contributed by atoms with E-state index in [0.717, 1.165) is 16.7 Å². The van der Waals surface area contributed by atoms with E-state index in [2.05, 4.69) is 9.72 Å². The number of alkyl halides is 3. The first-order valence-electron chi connectivity index (χ1n) is 9.63. The van der Waals surface area contributed by atoms with E-state index >= 15 is 0 Å². The number of hydrogen-bond acceptors (Lipinski definition) is 3. The van der Waals surface area contributed by atoms with Crippen LogP contribution in [0.2, 0.25) is 5.02 Å². The monoisotopic (exact) mass is 459 g/mol. The molecule has 0 radical (unpaired) electrons. The minimum Gasteiger partial charge on any atom is -0.406 e. The molecule has 0 aliphatic carbocycles. The van der Waals surface area contributed by atoms with Gasteiger partial charge in [0.2, 0.25) is 0 Å². The molecule has 1 aromatic heterocycles. The molecule has 32 heavy (non-hydrogen) atoms. The molecule has 0 aliphatic rings. The average molecular weight is 460 g/mol. The molecule has 4 aromatic rings. The Morgan fingerprint density at radius 3 is 2.16 bits per heavy atom. The number of aliphatic hydroxyl groups is 1. The third kappa shape index (κ3) is 4.79. The van der Waals surface area contributed by atoms with Gasteiger partial charge < -0.3 is 14.8 Å². The molecule has 0 amide bonds. The lowest BCUT2D eigenvalue weighted by molar-refractivity contribution is -0.274. The zero-order valence-corrected chi connectivity index (χ0v) is 17.3. The third-order valence-electron chi connectivity index (χ3n) is 5.03. The van der Waals surface area contributed by atoms with Crippen molar-refractivity contribution in [1.82, 2.24) is 4.98 Å². The molecule has 4 nitrogen and oxygen atoms in total. The molecule has 3 aromatic carbocycles. The summed E-state index contributed by atoms with van der Waals surface area (Å²) < 4.78 is 40.7. The Morgan fingerprint density at radius 2 is 1.56 bits per heavy atom. The lowest BCUT2D eigenvalue weighted by Crippen LogP contribution is -2.17. The highest BCUT2D eigenvalue weighted by Crippen LogP contribution is 2.26. The summed E-state index contributed by atoms with van der Waals surface area (Å²) in [5, 5.41) is 10.6. The zero-order chi connectivity index (χ0) is 22.9. The van der Waals surface area contributed by atoms with E-state index in [4.69, 9.17) is 11.6 Å². The van der Waals surface area contributed by atoms with Crippen molar-refractivity contribution in [3.05, 3.63) is 98.7 Å². The summed E-state index contributed by atoms with van der Waals surface area (Å²) in [7, 11) is 0. The fourth-order valence-electron chi connectivity index (χ4n) is 3.53. The number of aromatic amines is 1. The molecule has 0 unspecified atom stereocenters. The summed E-state index contributed by atoms with van der Waals surface area (Å²) in [6.45, 7) is -0.429. The summed E-state index contributed by atoms with van der Waals surface area (Å²) in [4.78, 5) is 16.0. The number of aliphatic hydroxyl groups excluding tert-OH is 1. The lowest BCUT2D eigenvalue weighted by atomic mass is 9.99. The van der Waals surface area contributed by atoms with Crippen LogP contribution in [0.1, 0.15) is 16.7 Å². The Kier molecular flexibility index (Phi) is 5.95. The van der Waals surface area contributed by atoms with Crippen LogP contribution < -0.4 is 10.2 Å². The van der Waals surface area contributed by atoms with Crippen LogP contribution in [0.4, 0.5) is 13.2 Å². The van der Waals surface area contributed by atoms with Gasteiger partial charge in [0.15, 0.2) is 5.43 Å². The molecule has 1 heterocycles. The number of rotatable bonds is 5. The fourth-order valence-corrected chi connectivity index (χ4v) is 3.70. The van der Waals surface area contributed by atoms with E-state index in [1.165, 1.54) is 12.1 Å². The second kappa shape index (κ2) is 8.68. The van der Waals surface area contributed by atoms with Gasteiger partial charge in [-0.1, -0.05) is 48.0 Å². The summed E-state index contributed by atoms with van der Waals surface area (Å²) in [5.74, 6) is -0.269. The van der Waals surface area contributed by atoms with E-state index in [-0.39, 0.29) is 16.7 Å². The molecule has 0 aliphatic heterocycles. The molecule has 0 atom stereocenters. The molecule has 164 valence electrons. The van der Waals surface area contributed by atoms with Gasteiger partial charge in [0.1, 0.15) is 5.75 Å². The summed E-state index contributed by atoms with van der Waals surface area (Å²) in [5.41, 5.74) is 3.56. The first kappa shape index (κ1) is 21.9. The number of ether oxygens (including phenoxy) is 1. The highest BCUT2D eigenvalue weighted by molar-refractivity contribution is 6.31. The standard InChI is InChI=1S/C24H17ClF3NO3/c25-17-7-10-21-19(12-17)23(31)20(13-30)22(29-21)16-5-1-14(2-6-16)11-15-3-8-18(9-4-15)32-24(26,27)28/h1-10,12,30H,11,13H2,(H,29,31). The quantitative estimate of drug-likeness (QED) is 0.394. The zero-order valence-electron chi connectivity index (χ0n) is 16.5. The SMILES string of the molecule is O=c1c(CO)c(-c2ccc(Cc3ccc(OC(F)(F)F)cc3)cc2)[nH]c2ccc(Cl)cc12. The molecule has 0 spiro atoms. The van der Waals surface area contributed by atoms with Crippen LogP contribution in [0.15, 0.2) is 71.5 Å². The molecule has 4 rings (SSSR count). The highest BCUT2D eigenvalue weighted by Gasteiger charge is 2.30. The van der Waals surface area contributed by atoms with Gasteiger partial charge in [-0.3, -0.25) is 4.79 Å². The van der Waals surface area contributed by atoms with Crippen LogP contribution in [-0.2, 0) is 13.0 Å². The van der Waals surface area contributed by atoms with Gasteiger partial charge in [0.05, 0.1) is 12.3 Å². The predicted octanol–water partition coefficient (Wildman–Crippen LogP) is 5.83. The van der Waals surface area contributed by atoms with Crippen molar-refractivity contribution in [2.75, 3.05) is 0 Å². The Balaban J connectivity index is 1.59. The van der Waals surface area contributed by atoms with Crippen molar-refractivity contribution in [3.63, 3.8) is 0 Å². The lowest BCUT2D eigenvalue weighted by Gasteiger charge is -2.12. The second-order valence-corrected chi connectivity index (χ2v) is 7.66. The number of nitrogens with one attached hydrogen (secondary N) is 1. The van der Waals surface area contributed by atoms with Gasteiger partial charge in [-0.2, -0.15) is 0 Å². The number of fused-ring (bicyclic) bond motifs is 1. The van der Waals surface area contributed by atoms with Crippen LogP contribution in [-0.4, -0.2) is 16.5 Å². The Morgan fingerprint density at radius 1 is 0.938 bits per heavy atom. The van der Waals surface area contributed by atoms with E-state index in [0.29, 0.717) is 28.0 Å².